The Hall–Kier alpha value is -13.8. The summed E-state index contributed by atoms with van der Waals surface area (Å²) in [7, 11) is 0. The number of nitrogens with one attached hydrogen (secondary N) is 6. The molecule has 0 spiro atoms. The lowest BCUT2D eigenvalue weighted by Gasteiger charge is -2.19. The number of anilines is 6. The van der Waals surface area contributed by atoms with Crippen molar-refractivity contribution in [1.29, 1.82) is 0 Å². The van der Waals surface area contributed by atoms with Crippen LogP contribution in [0.5, 0.6) is 0 Å². The standard InChI is InChI=1S/2C21H24F2N2O.2C20H22F2N2O.2C19H20F2N2O/c2*1-4-7-13-12-21(2,3)15-9-5-10-16(17(13)15)25-20(26)14-8-6-11-24-18(14)19(22)23;2*1-4-12-11-20(2,3)14-8-5-9-15(16(12)14)24-19(25)13-7-6-10-23-17(13)18(21)22;2*1-11-10-19(2,3)13-7-4-8-14(15(11)13)23-18(24)12-6-5-9-22-16(12)17(20)21/h2*5-6,8-11,13,19H,4,7,12H2,1-3H3,(H,25,26);2*5-10,12,18H,4,11H2,1-3H3,(H,24,25);2*4-9,11,17H,10H2,1-3H3,(H,23,24)/t13-;;12-;;11-;/m1.1.1./s1. The highest BCUT2D eigenvalue weighted by atomic mass is 19.3. The summed E-state index contributed by atoms with van der Waals surface area (Å²) in [5.41, 5.74) is 15.1. The van der Waals surface area contributed by atoms with Crippen molar-refractivity contribution in [1.82, 2.24) is 29.9 Å². The molecule has 150 heavy (non-hydrogen) atoms. The molecule has 6 aliphatic carbocycles. The zero-order valence-corrected chi connectivity index (χ0v) is 87.9. The van der Waals surface area contributed by atoms with Crippen LogP contribution in [0.4, 0.5) is 86.8 Å². The first kappa shape index (κ1) is 113. The van der Waals surface area contributed by atoms with Gasteiger partial charge in [0.25, 0.3) is 74.0 Å². The molecule has 6 aromatic heterocycles. The molecule has 0 fully saturated rings. The van der Waals surface area contributed by atoms with Gasteiger partial charge in [-0.25, -0.2) is 52.7 Å². The summed E-state index contributed by atoms with van der Waals surface area (Å²) in [4.78, 5) is 97.6. The molecule has 6 aromatic carbocycles. The number of hydrogen-bond donors (Lipinski definition) is 6. The maximum atomic E-state index is 13.2. The van der Waals surface area contributed by atoms with E-state index in [9.17, 15) is 81.5 Å². The van der Waals surface area contributed by atoms with Crippen LogP contribution >= 0.6 is 0 Å². The van der Waals surface area contributed by atoms with Crippen molar-refractivity contribution < 1.29 is 81.5 Å². The fraction of sp³-hybridized carbons (Fsp3) is 0.400. The van der Waals surface area contributed by atoms with Gasteiger partial charge in [-0.1, -0.05) is 210 Å². The van der Waals surface area contributed by atoms with Crippen LogP contribution in [0.15, 0.2) is 219 Å². The maximum absolute atomic E-state index is 13.2. The molecule has 6 heterocycles. The molecule has 6 N–H and O–H groups in total. The van der Waals surface area contributed by atoms with Crippen LogP contribution < -0.4 is 31.9 Å². The number of pyridine rings is 6. The number of fused-ring (bicyclic) bond motifs is 6. The average Bonchev–Trinajstić information content (AvgIpc) is 1.61. The van der Waals surface area contributed by atoms with Crippen molar-refractivity contribution in [3.63, 3.8) is 0 Å². The Morgan fingerprint density at radius 3 is 0.593 bits per heavy atom. The lowest BCUT2D eigenvalue weighted by atomic mass is 9.85. The molecule has 792 valence electrons. The van der Waals surface area contributed by atoms with Gasteiger partial charge in [0.15, 0.2) is 0 Å². The number of hydrogen-bond acceptors (Lipinski definition) is 12. The number of benzene rings is 6. The van der Waals surface area contributed by atoms with E-state index in [0.717, 1.165) is 122 Å². The first-order valence-electron chi connectivity index (χ1n) is 51.1. The number of halogens is 12. The summed E-state index contributed by atoms with van der Waals surface area (Å²) < 4.78 is 157. The van der Waals surface area contributed by atoms with E-state index in [0.29, 0.717) is 58.3 Å². The second-order valence-electron chi connectivity index (χ2n) is 43.3. The van der Waals surface area contributed by atoms with Gasteiger partial charge in [0.1, 0.15) is 34.2 Å². The van der Waals surface area contributed by atoms with E-state index in [4.69, 9.17) is 0 Å². The minimum absolute atomic E-state index is 0.0396. The third-order valence-electron chi connectivity index (χ3n) is 29.8. The summed E-state index contributed by atoms with van der Waals surface area (Å²) in [5.74, 6) is -1.24. The summed E-state index contributed by atoms with van der Waals surface area (Å²) in [5, 5.41) is 17.0. The Kier molecular flexibility index (Phi) is 36.0. The highest BCUT2D eigenvalue weighted by Gasteiger charge is 2.45. The quantitative estimate of drug-likeness (QED) is 0.0309. The van der Waals surface area contributed by atoms with Crippen molar-refractivity contribution in [2.75, 3.05) is 31.9 Å². The van der Waals surface area contributed by atoms with E-state index in [1.54, 1.807) is 0 Å². The highest BCUT2D eigenvalue weighted by molar-refractivity contribution is 6.10. The minimum atomic E-state index is -2.79. The minimum Gasteiger partial charge on any atom is -0.322 e. The summed E-state index contributed by atoms with van der Waals surface area (Å²) in [6.07, 6.45) is 3.11. The van der Waals surface area contributed by atoms with Gasteiger partial charge in [-0.15, -0.1) is 0 Å². The zero-order chi connectivity index (χ0) is 109. The number of aromatic nitrogens is 6. The summed E-state index contributed by atoms with van der Waals surface area (Å²) in [6, 6.07) is 52.3. The summed E-state index contributed by atoms with van der Waals surface area (Å²) >= 11 is 0. The van der Waals surface area contributed by atoms with Crippen molar-refractivity contribution in [3.05, 3.63) is 353 Å². The van der Waals surface area contributed by atoms with Crippen LogP contribution in [-0.2, 0) is 32.5 Å². The SMILES string of the molecule is CC1CC(C)(C)c2cccc(NC(=O)c3cccnc3C(F)F)c21.CCC1CC(C)(C)c2cccc(NC(=O)c3cccnc3C(F)F)c21.CCCC1CC(C)(C)c2cccc(NC(=O)c3cccnc3C(F)F)c21.CCC[C@@H]1CC(C)(C)c2cccc(NC(=O)c3cccnc3C(F)F)c21.CC[C@@H]1CC(C)(C)c2cccc(NC(=O)c3cccnc3C(F)F)c21.C[C@@H]1CC(C)(C)c2cccc(NC(=O)c3cccnc3C(F)F)c21. The molecular formula is C120H132F12N12O6. The Labute approximate surface area is 869 Å². The van der Waals surface area contributed by atoms with Crippen molar-refractivity contribution in [2.45, 2.75) is 308 Å². The number of carbonyl (C=O) groups excluding carboxylic acids is 6. The van der Waals surface area contributed by atoms with Crippen molar-refractivity contribution in [3.8, 4) is 0 Å². The molecule has 6 amide bonds. The number of carbonyl (C=O) groups is 6. The monoisotopic (exact) mass is 2070 g/mol. The van der Waals surface area contributed by atoms with Gasteiger partial charge in [-0.2, -0.15) is 0 Å². The molecule has 0 bridgehead atoms. The van der Waals surface area contributed by atoms with Crippen molar-refractivity contribution in [2.24, 2.45) is 0 Å². The predicted octanol–water partition coefficient (Wildman–Crippen LogP) is 32.7. The van der Waals surface area contributed by atoms with Gasteiger partial charge in [0.05, 0.1) is 33.4 Å². The second kappa shape index (κ2) is 47.6. The summed E-state index contributed by atoms with van der Waals surface area (Å²) in [6.45, 7) is 39.1. The molecule has 6 atom stereocenters. The second-order valence-corrected chi connectivity index (χ2v) is 43.3. The molecule has 18 nitrogen and oxygen atoms in total. The van der Waals surface area contributed by atoms with Gasteiger partial charge in [0, 0.05) is 71.3 Å². The number of amides is 6. The molecule has 3 unspecified atom stereocenters. The first-order valence-corrected chi connectivity index (χ1v) is 51.1. The van der Waals surface area contributed by atoms with E-state index < -0.39 is 108 Å². The molecule has 0 radical (unpaired) electrons. The third kappa shape index (κ3) is 25.1. The van der Waals surface area contributed by atoms with Gasteiger partial charge < -0.3 is 31.9 Å². The molecule has 0 saturated carbocycles. The van der Waals surface area contributed by atoms with E-state index in [1.807, 2.05) is 72.8 Å². The molecule has 6 aliphatic rings. The first-order chi connectivity index (χ1) is 71.0. The van der Waals surface area contributed by atoms with Crippen LogP contribution in [0.3, 0.4) is 0 Å². The van der Waals surface area contributed by atoms with E-state index in [-0.39, 0.29) is 65.9 Å². The van der Waals surface area contributed by atoms with Crippen LogP contribution in [0, 0.1) is 0 Å². The number of alkyl halides is 12. The Morgan fingerprint density at radius 1 is 0.247 bits per heavy atom. The fourth-order valence-electron chi connectivity index (χ4n) is 23.4. The Bertz CT molecular complexity index is 6500. The topological polar surface area (TPSA) is 252 Å². The average molecular weight is 2070 g/mol. The zero-order valence-electron chi connectivity index (χ0n) is 87.9. The van der Waals surface area contributed by atoms with E-state index in [1.165, 1.54) is 143 Å². The molecule has 18 rings (SSSR count). The van der Waals surface area contributed by atoms with Crippen LogP contribution in [0.2, 0.25) is 0 Å². The van der Waals surface area contributed by atoms with Gasteiger partial charge in [0.2, 0.25) is 0 Å². The van der Waals surface area contributed by atoms with Crippen LogP contribution in [-0.4, -0.2) is 65.3 Å². The predicted molar refractivity (Wildman–Crippen MR) is 566 cm³/mol. The van der Waals surface area contributed by atoms with Crippen molar-refractivity contribution >= 4 is 69.6 Å². The molecule has 0 aliphatic heterocycles. The van der Waals surface area contributed by atoms with Gasteiger partial charge in [-0.3, -0.25) is 58.7 Å². The number of nitrogens with zero attached hydrogens (tertiary/aromatic N) is 6. The number of rotatable bonds is 24. The smallest absolute Gasteiger partial charge is 0.281 e. The third-order valence-corrected chi connectivity index (χ3v) is 29.8. The largest absolute Gasteiger partial charge is 0.322 e. The molecule has 30 heteroatoms. The molecule has 0 saturated heterocycles. The Balaban J connectivity index is 0.000000150. The molecule has 12 aromatic rings. The lowest BCUT2D eigenvalue weighted by Crippen LogP contribution is -2.17. The van der Waals surface area contributed by atoms with Crippen LogP contribution in [0.1, 0.15) is 439 Å². The highest BCUT2D eigenvalue weighted by Crippen LogP contribution is 2.57. The van der Waals surface area contributed by atoms with E-state index in [2.05, 4.69) is 223 Å². The fourth-order valence-corrected chi connectivity index (χ4v) is 23.4. The van der Waals surface area contributed by atoms with Crippen LogP contribution in [0.25, 0.3) is 0 Å². The lowest BCUT2D eigenvalue weighted by molar-refractivity contribution is 0.0999. The van der Waals surface area contributed by atoms with E-state index >= 15 is 0 Å². The maximum Gasteiger partial charge on any atom is 0.281 e. The van der Waals surface area contributed by atoms with Gasteiger partial charge >= 0.3 is 0 Å². The van der Waals surface area contributed by atoms with Gasteiger partial charge in [-0.05, 0) is 308 Å². The normalized spacial score (nSPS) is 18.2. The molecular weight excluding hydrogens is 1930 g/mol. The Morgan fingerprint density at radius 2 is 0.413 bits per heavy atom.